The van der Waals surface area contributed by atoms with E-state index < -0.39 is 0 Å². The molecule has 6 heteroatoms. The van der Waals surface area contributed by atoms with E-state index in [2.05, 4.69) is 15.1 Å². The van der Waals surface area contributed by atoms with Gasteiger partial charge in [0.2, 0.25) is 0 Å². The van der Waals surface area contributed by atoms with E-state index in [9.17, 15) is 4.79 Å². The summed E-state index contributed by atoms with van der Waals surface area (Å²) in [4.78, 5) is 16.7. The Balaban J connectivity index is 1.42. The molecule has 0 radical (unpaired) electrons. The van der Waals surface area contributed by atoms with E-state index in [-0.39, 0.29) is 5.91 Å². The lowest BCUT2D eigenvalue weighted by Crippen LogP contribution is -2.33. The van der Waals surface area contributed by atoms with Crippen LogP contribution in [-0.2, 0) is 0 Å². The fourth-order valence-corrected chi connectivity index (χ4v) is 4.11. The number of nitrogens with zero attached hydrogens (tertiary/aromatic N) is 4. The lowest BCUT2D eigenvalue weighted by atomic mass is 10.0. The van der Waals surface area contributed by atoms with Crippen LogP contribution in [-0.4, -0.2) is 47.2 Å². The van der Waals surface area contributed by atoms with Crippen molar-refractivity contribution in [2.24, 2.45) is 11.8 Å². The highest BCUT2D eigenvalue weighted by Gasteiger charge is 2.42. The lowest BCUT2D eigenvalue weighted by molar-refractivity contribution is 0.0783. The zero-order chi connectivity index (χ0) is 15.1. The highest BCUT2D eigenvalue weighted by Crippen LogP contribution is 2.33. The zero-order valence-corrected chi connectivity index (χ0v) is 13.3. The largest absolute Gasteiger partial charge is 0.354 e. The van der Waals surface area contributed by atoms with Gasteiger partial charge in [0.25, 0.3) is 5.91 Å². The van der Waals surface area contributed by atoms with Crippen LogP contribution in [0.15, 0.2) is 29.0 Å². The quantitative estimate of drug-likeness (QED) is 0.851. The molecule has 4 heterocycles. The first-order chi connectivity index (χ1) is 10.7. The fraction of sp³-hybridized carbons (Fsp3) is 0.438. The predicted molar refractivity (Wildman–Crippen MR) is 86.2 cm³/mol. The van der Waals surface area contributed by atoms with Crippen LogP contribution in [0, 0.1) is 18.8 Å². The van der Waals surface area contributed by atoms with E-state index in [0.717, 1.165) is 43.3 Å². The van der Waals surface area contributed by atoms with Gasteiger partial charge in [-0.2, -0.15) is 16.4 Å². The number of likely N-dealkylation sites (tertiary alicyclic amines) is 1. The summed E-state index contributed by atoms with van der Waals surface area (Å²) >= 11 is 1.58. The smallest absolute Gasteiger partial charge is 0.254 e. The van der Waals surface area contributed by atoms with Crippen molar-refractivity contribution in [3.05, 3.63) is 40.2 Å². The molecule has 0 saturated carbocycles. The maximum Gasteiger partial charge on any atom is 0.254 e. The molecular weight excluding hydrogens is 296 g/mol. The summed E-state index contributed by atoms with van der Waals surface area (Å²) in [5.41, 5.74) is 1.77. The summed E-state index contributed by atoms with van der Waals surface area (Å²) < 4.78 is 0. The van der Waals surface area contributed by atoms with Gasteiger partial charge in [0.1, 0.15) is 0 Å². The number of carbonyl (C=O) groups excluding carboxylic acids is 1. The van der Waals surface area contributed by atoms with Crippen molar-refractivity contribution in [2.45, 2.75) is 6.92 Å². The number of hydrogen-bond acceptors (Lipinski definition) is 5. The molecule has 0 bridgehead atoms. The maximum absolute atomic E-state index is 12.4. The topological polar surface area (TPSA) is 49.3 Å². The number of hydrogen-bond donors (Lipinski definition) is 0. The molecule has 2 aliphatic rings. The van der Waals surface area contributed by atoms with E-state index in [1.807, 2.05) is 40.8 Å². The van der Waals surface area contributed by atoms with Gasteiger partial charge in [-0.25, -0.2) is 0 Å². The average molecular weight is 314 g/mol. The third-order valence-corrected chi connectivity index (χ3v) is 5.33. The Morgan fingerprint density at radius 3 is 2.50 bits per heavy atom. The summed E-state index contributed by atoms with van der Waals surface area (Å²) in [6, 6.07) is 5.95. The van der Waals surface area contributed by atoms with Crippen molar-refractivity contribution in [1.29, 1.82) is 0 Å². The zero-order valence-electron chi connectivity index (χ0n) is 12.5. The number of aromatic nitrogens is 2. The van der Waals surface area contributed by atoms with E-state index >= 15 is 0 Å². The molecule has 0 aromatic carbocycles. The third-order valence-electron chi connectivity index (χ3n) is 4.65. The predicted octanol–water partition coefficient (Wildman–Crippen LogP) is 2.05. The Morgan fingerprint density at radius 2 is 1.91 bits per heavy atom. The van der Waals surface area contributed by atoms with Crippen molar-refractivity contribution in [2.75, 3.05) is 31.1 Å². The molecule has 2 aliphatic heterocycles. The van der Waals surface area contributed by atoms with Crippen LogP contribution >= 0.6 is 11.3 Å². The first-order valence-corrected chi connectivity index (χ1v) is 8.52. The molecule has 0 N–H and O–H groups in total. The number of amides is 1. The van der Waals surface area contributed by atoms with Gasteiger partial charge in [0.05, 0.1) is 11.3 Å². The molecule has 1 amide bonds. The van der Waals surface area contributed by atoms with Gasteiger partial charge in [-0.1, -0.05) is 0 Å². The molecule has 2 fully saturated rings. The Labute approximate surface area is 133 Å². The van der Waals surface area contributed by atoms with Crippen molar-refractivity contribution in [1.82, 2.24) is 15.1 Å². The molecule has 2 aromatic rings. The molecule has 0 spiro atoms. The summed E-state index contributed by atoms with van der Waals surface area (Å²) in [6.45, 7) is 5.60. The highest BCUT2D eigenvalue weighted by atomic mass is 32.1. The van der Waals surface area contributed by atoms with Crippen LogP contribution in [0.1, 0.15) is 16.1 Å². The second-order valence-corrected chi connectivity index (χ2v) is 6.96. The van der Waals surface area contributed by atoms with Crippen LogP contribution < -0.4 is 4.90 Å². The van der Waals surface area contributed by atoms with Gasteiger partial charge in [0.15, 0.2) is 5.82 Å². The minimum Gasteiger partial charge on any atom is -0.354 e. The standard InChI is InChI=1S/C16H18N4OS/c1-11-2-3-15(18-17-11)19-6-13-8-20(9-14(13)7-19)16(21)12-4-5-22-10-12/h2-5,10,13-14H,6-9H2,1H3/t13-,14+. The second-order valence-electron chi connectivity index (χ2n) is 6.18. The van der Waals surface area contributed by atoms with Crippen LogP contribution in [0.2, 0.25) is 0 Å². The second kappa shape index (κ2) is 5.35. The Morgan fingerprint density at radius 1 is 1.14 bits per heavy atom. The van der Waals surface area contributed by atoms with Crippen molar-refractivity contribution < 1.29 is 4.79 Å². The van der Waals surface area contributed by atoms with Gasteiger partial charge < -0.3 is 9.80 Å². The van der Waals surface area contributed by atoms with Crippen molar-refractivity contribution in [3.63, 3.8) is 0 Å². The molecule has 0 aliphatic carbocycles. The average Bonchev–Trinajstić information content (AvgIpc) is 3.23. The van der Waals surface area contributed by atoms with Crippen LogP contribution in [0.4, 0.5) is 5.82 Å². The minimum absolute atomic E-state index is 0.178. The first kappa shape index (κ1) is 13.7. The molecule has 22 heavy (non-hydrogen) atoms. The molecule has 114 valence electrons. The van der Waals surface area contributed by atoms with Crippen molar-refractivity contribution in [3.8, 4) is 0 Å². The van der Waals surface area contributed by atoms with Gasteiger partial charge in [0, 0.05) is 43.4 Å². The molecule has 2 saturated heterocycles. The molecule has 4 rings (SSSR count). The Bertz CT molecular complexity index is 656. The third kappa shape index (κ3) is 2.37. The van der Waals surface area contributed by atoms with E-state index in [0.29, 0.717) is 11.8 Å². The van der Waals surface area contributed by atoms with Crippen LogP contribution in [0.25, 0.3) is 0 Å². The molecular formula is C16H18N4OS. The normalized spacial score (nSPS) is 23.9. The van der Waals surface area contributed by atoms with Crippen LogP contribution in [0.3, 0.4) is 0 Å². The first-order valence-electron chi connectivity index (χ1n) is 7.57. The molecule has 2 atom stereocenters. The minimum atomic E-state index is 0.178. The summed E-state index contributed by atoms with van der Waals surface area (Å²) in [5.74, 6) is 2.23. The number of carbonyl (C=O) groups is 1. The number of aryl methyl sites for hydroxylation is 1. The van der Waals surface area contributed by atoms with Crippen molar-refractivity contribution >= 4 is 23.1 Å². The number of fused-ring (bicyclic) bond motifs is 1. The van der Waals surface area contributed by atoms with Gasteiger partial charge in [-0.3, -0.25) is 4.79 Å². The Kier molecular flexibility index (Phi) is 3.33. The van der Waals surface area contributed by atoms with Crippen LogP contribution in [0.5, 0.6) is 0 Å². The van der Waals surface area contributed by atoms with Gasteiger partial charge in [-0.05, 0) is 30.5 Å². The lowest BCUT2D eigenvalue weighted by Gasteiger charge is -2.22. The molecule has 2 aromatic heterocycles. The Hall–Kier alpha value is -1.95. The van der Waals surface area contributed by atoms with E-state index in [1.54, 1.807) is 11.3 Å². The fourth-order valence-electron chi connectivity index (χ4n) is 3.48. The van der Waals surface area contributed by atoms with E-state index in [1.165, 1.54) is 0 Å². The number of anilines is 1. The van der Waals surface area contributed by atoms with E-state index in [4.69, 9.17) is 0 Å². The number of thiophene rings is 1. The monoisotopic (exact) mass is 314 g/mol. The van der Waals surface area contributed by atoms with Gasteiger partial charge >= 0.3 is 0 Å². The summed E-state index contributed by atoms with van der Waals surface area (Å²) in [7, 11) is 0. The maximum atomic E-state index is 12.4. The van der Waals surface area contributed by atoms with Gasteiger partial charge in [-0.15, -0.1) is 5.10 Å². The molecule has 0 unspecified atom stereocenters. The summed E-state index contributed by atoms with van der Waals surface area (Å²) in [5, 5.41) is 12.3. The number of rotatable bonds is 2. The SMILES string of the molecule is Cc1ccc(N2C[C@H]3CN(C(=O)c4ccsc4)C[C@H]3C2)nn1. The summed E-state index contributed by atoms with van der Waals surface area (Å²) in [6.07, 6.45) is 0. The molecule has 5 nitrogen and oxygen atoms in total. The highest BCUT2D eigenvalue weighted by molar-refractivity contribution is 7.08.